The number of guanidine groups is 1. The summed E-state index contributed by atoms with van der Waals surface area (Å²) in [5.74, 6) is -0.0457. The van der Waals surface area contributed by atoms with Gasteiger partial charge >= 0.3 is 6.03 Å². The van der Waals surface area contributed by atoms with Crippen LogP contribution >= 0.6 is 0 Å². The number of pyridine rings is 1. The number of rotatable bonds is 6. The highest BCUT2D eigenvalue weighted by Crippen LogP contribution is 2.34. The quantitative estimate of drug-likeness (QED) is 0.0656. The number of urea groups is 1. The van der Waals surface area contributed by atoms with Gasteiger partial charge in [0.15, 0.2) is 5.96 Å². The third-order valence-corrected chi connectivity index (χ3v) is 5.67. The molecule has 5 aromatic rings. The number of aromatic nitrogens is 1. The van der Waals surface area contributed by atoms with Gasteiger partial charge in [0.1, 0.15) is 0 Å². The number of amides is 2. The molecular weight excluding hydrogens is 484 g/mol. The van der Waals surface area contributed by atoms with Gasteiger partial charge in [-0.3, -0.25) is 10.1 Å². The van der Waals surface area contributed by atoms with E-state index in [0.717, 1.165) is 22.1 Å². The average Bonchev–Trinajstić information content (AvgIpc) is 2.90. The van der Waals surface area contributed by atoms with Crippen molar-refractivity contribution in [3.05, 3.63) is 101 Å². The molecule has 5 rings (SSSR count). The number of benzene rings is 4. The van der Waals surface area contributed by atoms with Gasteiger partial charge in [-0.15, -0.1) is 0 Å². The Labute approximate surface area is 216 Å². The van der Waals surface area contributed by atoms with Gasteiger partial charge in [-0.1, -0.05) is 18.2 Å². The molecule has 0 saturated carbocycles. The summed E-state index contributed by atoms with van der Waals surface area (Å²) in [6.45, 7) is 0. The number of carbonyl (C=O) groups excluding carboxylic acids is 1. The molecule has 38 heavy (non-hydrogen) atoms. The molecule has 0 radical (unpaired) electrons. The van der Waals surface area contributed by atoms with Crippen LogP contribution in [-0.4, -0.2) is 21.9 Å². The largest absolute Gasteiger partial charge is 0.370 e. The molecule has 7 N–H and O–H groups in total. The SMILES string of the molecule is NC(N)=Nc1ccc(NC(=O)Nc2ccc(Nc3c4ccccc4nc4cc([N+](=O)[O-])ccc34)cc2)cc1. The monoisotopic (exact) mass is 506 g/mol. The molecule has 188 valence electrons. The van der Waals surface area contributed by atoms with Crippen molar-refractivity contribution < 1.29 is 9.72 Å². The lowest BCUT2D eigenvalue weighted by Gasteiger charge is -2.14. The zero-order chi connectivity index (χ0) is 26.6. The van der Waals surface area contributed by atoms with Gasteiger partial charge in [0.05, 0.1) is 27.3 Å². The Morgan fingerprint density at radius 3 is 2.05 bits per heavy atom. The maximum atomic E-state index is 12.4. The van der Waals surface area contributed by atoms with Crippen molar-refractivity contribution in [1.29, 1.82) is 0 Å². The minimum Gasteiger partial charge on any atom is -0.370 e. The molecule has 0 aliphatic heterocycles. The molecule has 0 aliphatic carbocycles. The van der Waals surface area contributed by atoms with Gasteiger partial charge in [-0.05, 0) is 60.7 Å². The van der Waals surface area contributed by atoms with E-state index in [2.05, 4.69) is 25.9 Å². The first kappa shape index (κ1) is 24.0. The molecule has 0 atom stereocenters. The standard InChI is InChI=1S/C27H22N8O3/c28-26(29)31-17-7-11-19(12-8-17)33-27(36)32-18-9-5-16(6-10-18)30-25-21-3-1-2-4-23(21)34-24-15-20(35(37)38)13-14-22(24)25/h1-15H,(H,30,34)(H4,28,29,31)(H2,32,33,36). The van der Waals surface area contributed by atoms with Crippen molar-refractivity contribution in [3.8, 4) is 0 Å². The summed E-state index contributed by atoms with van der Waals surface area (Å²) in [6.07, 6.45) is 0. The number of para-hydroxylation sites is 1. The van der Waals surface area contributed by atoms with Gasteiger partial charge in [0, 0.05) is 40.0 Å². The minimum absolute atomic E-state index is 0.0235. The van der Waals surface area contributed by atoms with Crippen molar-refractivity contribution in [2.75, 3.05) is 16.0 Å². The van der Waals surface area contributed by atoms with E-state index in [4.69, 9.17) is 11.5 Å². The van der Waals surface area contributed by atoms with E-state index in [1.54, 1.807) is 42.5 Å². The third kappa shape index (κ3) is 5.26. The predicted molar refractivity (Wildman–Crippen MR) is 150 cm³/mol. The highest BCUT2D eigenvalue weighted by atomic mass is 16.6. The first-order chi connectivity index (χ1) is 18.4. The minimum atomic E-state index is -0.437. The fourth-order valence-electron chi connectivity index (χ4n) is 3.97. The highest BCUT2D eigenvalue weighted by molar-refractivity contribution is 6.09. The van der Waals surface area contributed by atoms with Crippen molar-refractivity contribution in [1.82, 2.24) is 4.98 Å². The van der Waals surface area contributed by atoms with Crippen LogP contribution in [0.5, 0.6) is 0 Å². The number of carbonyl (C=O) groups is 1. The van der Waals surface area contributed by atoms with E-state index in [0.29, 0.717) is 28.1 Å². The maximum Gasteiger partial charge on any atom is 0.323 e. The van der Waals surface area contributed by atoms with E-state index >= 15 is 0 Å². The number of fused-ring (bicyclic) bond motifs is 2. The first-order valence-electron chi connectivity index (χ1n) is 11.5. The lowest BCUT2D eigenvalue weighted by atomic mass is 10.1. The average molecular weight is 507 g/mol. The van der Waals surface area contributed by atoms with Crippen LogP contribution in [-0.2, 0) is 0 Å². The van der Waals surface area contributed by atoms with Gasteiger partial charge < -0.3 is 27.4 Å². The molecule has 11 nitrogen and oxygen atoms in total. The summed E-state index contributed by atoms with van der Waals surface area (Å²) in [6, 6.07) is 25.7. The van der Waals surface area contributed by atoms with Crippen LogP contribution in [0, 0.1) is 10.1 Å². The number of hydrogen-bond acceptors (Lipinski definition) is 6. The molecule has 1 aromatic heterocycles. The Balaban J connectivity index is 1.34. The smallest absolute Gasteiger partial charge is 0.323 e. The van der Waals surface area contributed by atoms with Crippen LogP contribution in [0.15, 0.2) is 96.0 Å². The molecule has 4 aromatic carbocycles. The van der Waals surface area contributed by atoms with Crippen molar-refractivity contribution >= 4 is 67.9 Å². The molecule has 11 heteroatoms. The van der Waals surface area contributed by atoms with E-state index in [9.17, 15) is 14.9 Å². The van der Waals surface area contributed by atoms with Gasteiger partial charge in [-0.25, -0.2) is 14.8 Å². The van der Waals surface area contributed by atoms with Crippen molar-refractivity contribution in [2.24, 2.45) is 16.5 Å². The number of nitrogens with two attached hydrogens (primary N) is 2. The fourth-order valence-corrected chi connectivity index (χ4v) is 3.97. The Kier molecular flexibility index (Phi) is 6.39. The summed E-state index contributed by atoms with van der Waals surface area (Å²) < 4.78 is 0. The number of nitro groups is 1. The van der Waals surface area contributed by atoms with Crippen LogP contribution in [0.25, 0.3) is 21.8 Å². The topological polar surface area (TPSA) is 174 Å². The van der Waals surface area contributed by atoms with Crippen molar-refractivity contribution in [2.45, 2.75) is 0 Å². The number of anilines is 4. The fraction of sp³-hybridized carbons (Fsp3) is 0. The van der Waals surface area contributed by atoms with E-state index in [1.165, 1.54) is 12.1 Å². The Morgan fingerprint density at radius 1 is 0.789 bits per heavy atom. The summed E-state index contributed by atoms with van der Waals surface area (Å²) in [5.41, 5.74) is 15.2. The molecule has 0 fully saturated rings. The molecule has 2 amide bonds. The second-order valence-corrected chi connectivity index (χ2v) is 8.33. The van der Waals surface area contributed by atoms with Gasteiger partial charge in [0.25, 0.3) is 5.69 Å². The number of nitrogens with zero attached hydrogens (tertiary/aromatic N) is 3. The number of hydrogen-bond donors (Lipinski definition) is 5. The Morgan fingerprint density at radius 2 is 1.39 bits per heavy atom. The van der Waals surface area contributed by atoms with Crippen LogP contribution in [0.1, 0.15) is 0 Å². The summed E-state index contributed by atoms with van der Waals surface area (Å²) in [7, 11) is 0. The number of non-ortho nitro benzene ring substituents is 1. The molecule has 0 bridgehead atoms. The lowest BCUT2D eigenvalue weighted by molar-refractivity contribution is -0.384. The molecule has 0 spiro atoms. The summed E-state index contributed by atoms with van der Waals surface area (Å²) >= 11 is 0. The second-order valence-electron chi connectivity index (χ2n) is 8.33. The Bertz CT molecular complexity index is 1700. The zero-order valence-corrected chi connectivity index (χ0v) is 19.9. The zero-order valence-electron chi connectivity index (χ0n) is 19.9. The predicted octanol–water partition coefficient (Wildman–Crippen LogP) is 5.59. The van der Waals surface area contributed by atoms with Crippen LogP contribution in [0.3, 0.4) is 0 Å². The lowest BCUT2D eigenvalue weighted by Crippen LogP contribution is -2.21. The van der Waals surface area contributed by atoms with E-state index in [-0.39, 0.29) is 11.6 Å². The summed E-state index contributed by atoms with van der Waals surface area (Å²) in [5, 5.41) is 21.8. The maximum absolute atomic E-state index is 12.4. The highest BCUT2D eigenvalue weighted by Gasteiger charge is 2.13. The number of nitro benzene ring substituents is 1. The molecule has 1 heterocycles. The van der Waals surface area contributed by atoms with Crippen molar-refractivity contribution in [3.63, 3.8) is 0 Å². The number of nitrogens with one attached hydrogen (secondary N) is 3. The first-order valence-corrected chi connectivity index (χ1v) is 11.5. The van der Waals surface area contributed by atoms with Gasteiger partial charge in [0.2, 0.25) is 0 Å². The normalized spacial score (nSPS) is 10.6. The number of aliphatic imine (C=N–C) groups is 1. The summed E-state index contributed by atoms with van der Waals surface area (Å²) in [4.78, 5) is 31.8. The van der Waals surface area contributed by atoms with E-state index < -0.39 is 11.0 Å². The molecular formula is C27H22N8O3. The van der Waals surface area contributed by atoms with Crippen LogP contribution in [0.4, 0.5) is 38.9 Å². The molecule has 0 saturated heterocycles. The van der Waals surface area contributed by atoms with Crippen LogP contribution in [0.2, 0.25) is 0 Å². The van der Waals surface area contributed by atoms with E-state index in [1.807, 2.05) is 36.4 Å². The van der Waals surface area contributed by atoms with Crippen LogP contribution < -0.4 is 27.4 Å². The van der Waals surface area contributed by atoms with Gasteiger partial charge in [-0.2, -0.15) is 0 Å². The molecule has 0 aliphatic rings. The third-order valence-electron chi connectivity index (χ3n) is 5.67. The molecule has 0 unspecified atom stereocenters. The second kappa shape index (κ2) is 10.1. The Hall–Kier alpha value is -5.71.